The fourth-order valence-corrected chi connectivity index (χ4v) is 2.70. The summed E-state index contributed by atoms with van der Waals surface area (Å²) in [6.07, 6.45) is -1.70. The van der Waals surface area contributed by atoms with E-state index in [-0.39, 0.29) is 5.52 Å². The van der Waals surface area contributed by atoms with Crippen molar-refractivity contribution in [1.82, 2.24) is 14.6 Å². The molecule has 0 aliphatic rings. The van der Waals surface area contributed by atoms with E-state index in [2.05, 4.69) is 10.1 Å². The second-order valence-electron chi connectivity index (χ2n) is 4.23. The van der Waals surface area contributed by atoms with Gasteiger partial charge in [0.2, 0.25) is 0 Å². The molecule has 21 heavy (non-hydrogen) atoms. The van der Waals surface area contributed by atoms with Crippen LogP contribution in [0.15, 0.2) is 52.6 Å². The van der Waals surface area contributed by atoms with Crippen LogP contribution in [-0.2, 0) is 6.18 Å². The first-order chi connectivity index (χ1) is 9.95. The first kappa shape index (κ1) is 13.7. The van der Waals surface area contributed by atoms with Crippen LogP contribution in [0.4, 0.5) is 18.9 Å². The number of hydrogen-bond acceptors (Lipinski definition) is 4. The number of nitrogen functional groups attached to an aromatic ring is 1. The number of anilines is 1. The third-order valence-electron chi connectivity index (χ3n) is 2.77. The van der Waals surface area contributed by atoms with Gasteiger partial charge in [-0.15, -0.1) is 0 Å². The summed E-state index contributed by atoms with van der Waals surface area (Å²) in [5.41, 5.74) is 5.72. The molecule has 0 fully saturated rings. The van der Waals surface area contributed by atoms with Crippen molar-refractivity contribution in [2.24, 2.45) is 0 Å². The molecule has 0 aliphatic heterocycles. The normalized spacial score (nSPS) is 12.0. The Morgan fingerprint density at radius 3 is 2.67 bits per heavy atom. The highest BCUT2D eigenvalue weighted by atomic mass is 32.2. The molecule has 0 spiro atoms. The number of nitrogens with zero attached hydrogens (tertiary/aromatic N) is 3. The molecule has 3 aromatic rings. The lowest BCUT2D eigenvalue weighted by Crippen LogP contribution is -2.05. The maximum atomic E-state index is 12.7. The van der Waals surface area contributed by atoms with Gasteiger partial charge in [0.25, 0.3) is 0 Å². The minimum absolute atomic E-state index is 0.290. The molecule has 0 amide bonds. The largest absolute Gasteiger partial charge is 0.435 e. The van der Waals surface area contributed by atoms with E-state index >= 15 is 0 Å². The molecular formula is C13H9F3N4S. The highest BCUT2D eigenvalue weighted by Gasteiger charge is 2.34. The van der Waals surface area contributed by atoms with Gasteiger partial charge in [-0.3, -0.25) is 0 Å². The van der Waals surface area contributed by atoms with Gasteiger partial charge in [0.15, 0.2) is 5.69 Å². The minimum atomic E-state index is -4.49. The van der Waals surface area contributed by atoms with E-state index in [0.717, 1.165) is 15.5 Å². The standard InChI is InChI=1S/C13H9F3N4S/c14-13(15,16)11-7-9-12(18-5-6-20(9)19-11)21-10-4-2-1-3-8(10)17/h1-7H,17H2. The van der Waals surface area contributed by atoms with Crippen LogP contribution in [0.3, 0.4) is 0 Å². The summed E-state index contributed by atoms with van der Waals surface area (Å²) >= 11 is 1.20. The molecule has 0 radical (unpaired) electrons. The third-order valence-corrected chi connectivity index (χ3v) is 3.87. The molecule has 2 heterocycles. The van der Waals surface area contributed by atoms with E-state index in [1.165, 1.54) is 24.2 Å². The van der Waals surface area contributed by atoms with Crippen LogP contribution in [0, 0.1) is 0 Å². The van der Waals surface area contributed by atoms with E-state index in [9.17, 15) is 13.2 Å². The van der Waals surface area contributed by atoms with Gasteiger partial charge in [0.05, 0.1) is 5.52 Å². The quantitative estimate of drug-likeness (QED) is 0.736. The Labute approximate surface area is 121 Å². The van der Waals surface area contributed by atoms with Gasteiger partial charge >= 0.3 is 6.18 Å². The molecule has 0 unspecified atom stereocenters. The topological polar surface area (TPSA) is 56.2 Å². The van der Waals surface area contributed by atoms with Gasteiger partial charge < -0.3 is 5.73 Å². The summed E-state index contributed by atoms with van der Waals surface area (Å²) in [6.45, 7) is 0. The van der Waals surface area contributed by atoms with E-state index in [4.69, 9.17) is 5.73 Å². The highest BCUT2D eigenvalue weighted by molar-refractivity contribution is 7.99. The average molecular weight is 310 g/mol. The second-order valence-corrected chi connectivity index (χ2v) is 5.26. The van der Waals surface area contributed by atoms with E-state index < -0.39 is 11.9 Å². The number of rotatable bonds is 2. The summed E-state index contributed by atoms with van der Waals surface area (Å²) in [4.78, 5) is 4.85. The van der Waals surface area contributed by atoms with Crippen LogP contribution in [0.5, 0.6) is 0 Å². The van der Waals surface area contributed by atoms with Crippen LogP contribution < -0.4 is 5.73 Å². The SMILES string of the molecule is Nc1ccccc1Sc1nccn2nc(C(F)(F)F)cc12. The Bertz CT molecular complexity index is 797. The lowest BCUT2D eigenvalue weighted by Gasteiger charge is -2.05. The smallest absolute Gasteiger partial charge is 0.398 e. The first-order valence-electron chi connectivity index (χ1n) is 5.89. The Morgan fingerprint density at radius 1 is 1.19 bits per heavy atom. The molecule has 0 bridgehead atoms. The molecule has 0 aliphatic carbocycles. The molecule has 108 valence electrons. The minimum Gasteiger partial charge on any atom is -0.398 e. The number of hydrogen-bond donors (Lipinski definition) is 1. The van der Waals surface area contributed by atoms with Gasteiger partial charge in [0.1, 0.15) is 5.03 Å². The van der Waals surface area contributed by atoms with Crippen molar-refractivity contribution >= 4 is 23.0 Å². The number of para-hydroxylation sites is 1. The third kappa shape index (κ3) is 2.66. The maximum Gasteiger partial charge on any atom is 0.435 e. The van der Waals surface area contributed by atoms with Crippen LogP contribution in [0.25, 0.3) is 5.52 Å². The van der Waals surface area contributed by atoms with Crippen LogP contribution in [-0.4, -0.2) is 14.6 Å². The van der Waals surface area contributed by atoms with Crippen LogP contribution in [0.1, 0.15) is 5.69 Å². The number of alkyl halides is 3. The van der Waals surface area contributed by atoms with Crippen molar-refractivity contribution < 1.29 is 13.2 Å². The number of nitrogens with two attached hydrogens (primary N) is 1. The Hall–Kier alpha value is -2.22. The van der Waals surface area contributed by atoms with Crippen LogP contribution >= 0.6 is 11.8 Å². The predicted molar refractivity (Wildman–Crippen MR) is 73.0 cm³/mol. The van der Waals surface area contributed by atoms with E-state index in [1.54, 1.807) is 24.3 Å². The maximum absolute atomic E-state index is 12.7. The molecule has 0 saturated heterocycles. The number of halogens is 3. The Morgan fingerprint density at radius 2 is 1.95 bits per heavy atom. The summed E-state index contributed by atoms with van der Waals surface area (Å²) in [5, 5.41) is 3.93. The number of benzene rings is 1. The molecule has 2 aromatic heterocycles. The summed E-state index contributed by atoms with van der Waals surface area (Å²) in [7, 11) is 0. The molecular weight excluding hydrogens is 301 g/mol. The zero-order chi connectivity index (χ0) is 15.0. The molecule has 0 atom stereocenters. The lowest BCUT2D eigenvalue weighted by atomic mass is 10.3. The molecule has 3 rings (SSSR count). The molecule has 1 aromatic carbocycles. The monoisotopic (exact) mass is 310 g/mol. The van der Waals surface area contributed by atoms with Crippen molar-refractivity contribution in [1.29, 1.82) is 0 Å². The van der Waals surface area contributed by atoms with Crippen molar-refractivity contribution in [3.8, 4) is 0 Å². The predicted octanol–water partition coefficient (Wildman–Crippen LogP) is 3.48. The number of aromatic nitrogens is 3. The average Bonchev–Trinajstić information content (AvgIpc) is 2.86. The zero-order valence-corrected chi connectivity index (χ0v) is 11.3. The van der Waals surface area contributed by atoms with Gasteiger partial charge in [-0.25, -0.2) is 9.50 Å². The molecule has 4 nitrogen and oxygen atoms in total. The van der Waals surface area contributed by atoms with E-state index in [0.29, 0.717) is 10.7 Å². The second kappa shape index (κ2) is 4.96. The molecule has 0 saturated carbocycles. The fraction of sp³-hybridized carbons (Fsp3) is 0.0769. The lowest BCUT2D eigenvalue weighted by molar-refractivity contribution is -0.141. The fourth-order valence-electron chi connectivity index (χ4n) is 1.79. The zero-order valence-electron chi connectivity index (χ0n) is 10.5. The van der Waals surface area contributed by atoms with Crippen LogP contribution in [0.2, 0.25) is 0 Å². The number of fused-ring (bicyclic) bond motifs is 1. The molecule has 8 heteroatoms. The summed E-state index contributed by atoms with van der Waals surface area (Å²) in [5.74, 6) is 0. The highest BCUT2D eigenvalue weighted by Crippen LogP contribution is 2.35. The van der Waals surface area contributed by atoms with E-state index in [1.807, 2.05) is 0 Å². The van der Waals surface area contributed by atoms with Crippen molar-refractivity contribution in [2.45, 2.75) is 16.1 Å². The first-order valence-corrected chi connectivity index (χ1v) is 6.71. The van der Waals surface area contributed by atoms with Crippen molar-refractivity contribution in [2.75, 3.05) is 5.73 Å². The molecule has 2 N–H and O–H groups in total. The van der Waals surface area contributed by atoms with Gasteiger partial charge in [0, 0.05) is 23.0 Å². The van der Waals surface area contributed by atoms with Gasteiger partial charge in [-0.05, 0) is 18.2 Å². The summed E-state index contributed by atoms with van der Waals surface area (Å²) < 4.78 is 39.3. The van der Waals surface area contributed by atoms with Crippen molar-refractivity contribution in [3.05, 3.63) is 48.4 Å². The summed E-state index contributed by atoms with van der Waals surface area (Å²) in [6, 6.07) is 8.07. The van der Waals surface area contributed by atoms with Gasteiger partial charge in [-0.2, -0.15) is 18.3 Å². The van der Waals surface area contributed by atoms with Gasteiger partial charge in [-0.1, -0.05) is 23.9 Å². The van der Waals surface area contributed by atoms with Crippen molar-refractivity contribution in [3.63, 3.8) is 0 Å². The Kier molecular flexibility index (Phi) is 3.25. The Balaban J connectivity index is 2.07.